The van der Waals surface area contributed by atoms with E-state index in [0.717, 1.165) is 32.6 Å². The molecule has 0 unspecified atom stereocenters. The van der Waals surface area contributed by atoms with Gasteiger partial charge in [0.1, 0.15) is 0 Å². The SMILES string of the molecule is C[C@@H]1CCCCN1C[C@H]1CCN(c2ccccc2OC(F)(F)F)C1. The first-order valence-corrected chi connectivity index (χ1v) is 8.76. The number of halogens is 3. The third-order valence-corrected chi connectivity index (χ3v) is 5.15. The summed E-state index contributed by atoms with van der Waals surface area (Å²) in [7, 11) is 0. The van der Waals surface area contributed by atoms with Crippen molar-refractivity contribution in [3.05, 3.63) is 24.3 Å². The zero-order chi connectivity index (χ0) is 17.2. The summed E-state index contributed by atoms with van der Waals surface area (Å²) >= 11 is 0. The number of ether oxygens (including phenoxy) is 1. The summed E-state index contributed by atoms with van der Waals surface area (Å²) < 4.78 is 42.0. The summed E-state index contributed by atoms with van der Waals surface area (Å²) in [6, 6.07) is 7.07. The van der Waals surface area contributed by atoms with Crippen LogP contribution in [0.2, 0.25) is 0 Å². The average molecular weight is 342 g/mol. The van der Waals surface area contributed by atoms with E-state index in [1.807, 2.05) is 4.90 Å². The number of nitrogens with zero attached hydrogens (tertiary/aromatic N) is 2. The van der Waals surface area contributed by atoms with Crippen LogP contribution >= 0.6 is 0 Å². The predicted octanol–water partition coefficient (Wildman–Crippen LogP) is 4.29. The molecule has 0 N–H and O–H groups in total. The molecular formula is C18H25F3N2O. The van der Waals surface area contributed by atoms with Gasteiger partial charge in [-0.05, 0) is 50.8 Å². The highest BCUT2D eigenvalue weighted by molar-refractivity contribution is 5.59. The normalized spacial score (nSPS) is 25.9. The van der Waals surface area contributed by atoms with Crippen LogP contribution in [0.4, 0.5) is 18.9 Å². The molecule has 2 heterocycles. The standard InChI is InChI=1S/C18H25F3N2O/c1-14-6-4-5-10-22(14)12-15-9-11-23(13-15)16-7-2-3-8-17(16)24-18(19,20)21/h2-3,7-8,14-15H,4-6,9-13H2,1H3/t14-,15-/m1/s1. The predicted molar refractivity (Wildman–Crippen MR) is 88.3 cm³/mol. The third kappa shape index (κ3) is 4.35. The lowest BCUT2D eigenvalue weighted by molar-refractivity contribution is -0.274. The number of piperidine rings is 1. The zero-order valence-corrected chi connectivity index (χ0v) is 14.1. The van der Waals surface area contributed by atoms with E-state index in [0.29, 0.717) is 17.6 Å². The van der Waals surface area contributed by atoms with Gasteiger partial charge in [-0.25, -0.2) is 0 Å². The van der Waals surface area contributed by atoms with Gasteiger partial charge in [-0.1, -0.05) is 18.6 Å². The van der Waals surface area contributed by atoms with Crippen LogP contribution in [0.15, 0.2) is 24.3 Å². The van der Waals surface area contributed by atoms with Gasteiger partial charge in [-0.2, -0.15) is 0 Å². The molecule has 0 aromatic heterocycles. The molecule has 1 aromatic rings. The van der Waals surface area contributed by atoms with Gasteiger partial charge in [-0.15, -0.1) is 13.2 Å². The van der Waals surface area contributed by atoms with Crippen molar-refractivity contribution in [2.75, 3.05) is 31.1 Å². The molecule has 3 nitrogen and oxygen atoms in total. The quantitative estimate of drug-likeness (QED) is 0.812. The summed E-state index contributed by atoms with van der Waals surface area (Å²) in [4.78, 5) is 4.57. The number of likely N-dealkylation sites (tertiary alicyclic amines) is 1. The Balaban J connectivity index is 1.63. The Morgan fingerprint density at radius 1 is 1.12 bits per heavy atom. The highest BCUT2D eigenvalue weighted by Gasteiger charge is 2.34. The lowest BCUT2D eigenvalue weighted by Gasteiger charge is -2.35. The van der Waals surface area contributed by atoms with Gasteiger partial charge in [0.25, 0.3) is 0 Å². The fourth-order valence-corrected chi connectivity index (χ4v) is 3.89. The second-order valence-corrected chi connectivity index (χ2v) is 6.96. The molecule has 0 radical (unpaired) electrons. The van der Waals surface area contributed by atoms with Crippen molar-refractivity contribution in [3.63, 3.8) is 0 Å². The van der Waals surface area contributed by atoms with E-state index in [2.05, 4.69) is 16.6 Å². The Hall–Kier alpha value is -1.43. The van der Waals surface area contributed by atoms with E-state index in [-0.39, 0.29) is 5.75 Å². The summed E-state index contributed by atoms with van der Waals surface area (Å²) in [6.45, 7) is 6.04. The molecule has 1 aromatic carbocycles. The molecule has 0 spiro atoms. The number of hydrogen-bond acceptors (Lipinski definition) is 3. The average Bonchev–Trinajstić information content (AvgIpc) is 2.97. The second-order valence-electron chi connectivity index (χ2n) is 6.96. The van der Waals surface area contributed by atoms with Gasteiger partial charge < -0.3 is 14.5 Å². The fourth-order valence-electron chi connectivity index (χ4n) is 3.89. The van der Waals surface area contributed by atoms with Crippen LogP contribution in [-0.2, 0) is 0 Å². The van der Waals surface area contributed by atoms with Gasteiger partial charge in [0.15, 0.2) is 5.75 Å². The molecule has 3 rings (SSSR count). The Labute approximate surface area is 141 Å². The van der Waals surface area contributed by atoms with E-state index in [1.165, 1.54) is 25.3 Å². The summed E-state index contributed by atoms with van der Waals surface area (Å²) in [6.07, 6.45) is 0.167. The molecule has 24 heavy (non-hydrogen) atoms. The van der Waals surface area contributed by atoms with E-state index in [4.69, 9.17) is 0 Å². The van der Waals surface area contributed by atoms with Crippen molar-refractivity contribution in [1.82, 2.24) is 4.90 Å². The molecule has 2 fully saturated rings. The van der Waals surface area contributed by atoms with E-state index in [1.54, 1.807) is 18.2 Å². The third-order valence-electron chi connectivity index (χ3n) is 5.15. The Morgan fingerprint density at radius 3 is 2.67 bits per heavy atom. The van der Waals surface area contributed by atoms with Crippen LogP contribution in [0.5, 0.6) is 5.75 Å². The van der Waals surface area contributed by atoms with Crippen molar-refractivity contribution < 1.29 is 17.9 Å². The number of para-hydroxylation sites is 2. The fraction of sp³-hybridized carbons (Fsp3) is 0.667. The monoisotopic (exact) mass is 342 g/mol. The van der Waals surface area contributed by atoms with Crippen LogP contribution < -0.4 is 9.64 Å². The number of anilines is 1. The van der Waals surface area contributed by atoms with Crippen LogP contribution in [0.25, 0.3) is 0 Å². The lowest BCUT2D eigenvalue weighted by Crippen LogP contribution is -2.41. The van der Waals surface area contributed by atoms with Crippen LogP contribution in [0.3, 0.4) is 0 Å². The smallest absolute Gasteiger partial charge is 0.404 e. The number of benzene rings is 1. The van der Waals surface area contributed by atoms with Crippen molar-refractivity contribution >= 4 is 5.69 Å². The Morgan fingerprint density at radius 2 is 1.92 bits per heavy atom. The van der Waals surface area contributed by atoms with Crippen LogP contribution in [0, 0.1) is 5.92 Å². The highest BCUT2D eigenvalue weighted by atomic mass is 19.4. The van der Waals surface area contributed by atoms with E-state index < -0.39 is 6.36 Å². The first-order valence-electron chi connectivity index (χ1n) is 8.76. The summed E-state index contributed by atoms with van der Waals surface area (Å²) in [5.74, 6) is 0.404. The van der Waals surface area contributed by atoms with Gasteiger partial charge >= 0.3 is 6.36 Å². The van der Waals surface area contributed by atoms with Gasteiger partial charge in [0.2, 0.25) is 0 Å². The maximum Gasteiger partial charge on any atom is 0.573 e. The minimum Gasteiger partial charge on any atom is -0.404 e. The number of alkyl halides is 3. The van der Waals surface area contributed by atoms with Crippen molar-refractivity contribution in [2.24, 2.45) is 5.92 Å². The molecule has 2 aliphatic heterocycles. The van der Waals surface area contributed by atoms with Crippen molar-refractivity contribution in [2.45, 2.75) is 45.0 Å². The van der Waals surface area contributed by atoms with Gasteiger partial charge in [0, 0.05) is 25.7 Å². The Bertz CT molecular complexity index is 549. The maximum absolute atomic E-state index is 12.6. The number of hydrogen-bond donors (Lipinski definition) is 0. The molecule has 134 valence electrons. The van der Waals surface area contributed by atoms with Gasteiger partial charge in [0.05, 0.1) is 5.69 Å². The molecule has 2 saturated heterocycles. The molecule has 0 amide bonds. The molecule has 6 heteroatoms. The molecule has 2 atom stereocenters. The molecule has 2 aliphatic rings. The molecule has 0 aliphatic carbocycles. The highest BCUT2D eigenvalue weighted by Crippen LogP contribution is 2.35. The number of rotatable bonds is 4. The van der Waals surface area contributed by atoms with Crippen LogP contribution in [0.1, 0.15) is 32.6 Å². The minimum atomic E-state index is -4.65. The topological polar surface area (TPSA) is 15.7 Å². The molecule has 0 bridgehead atoms. The molecule has 0 saturated carbocycles. The summed E-state index contributed by atoms with van der Waals surface area (Å²) in [5.41, 5.74) is 0.545. The molecular weight excluding hydrogens is 317 g/mol. The van der Waals surface area contributed by atoms with E-state index in [9.17, 15) is 13.2 Å². The Kier molecular flexibility index (Phi) is 5.23. The minimum absolute atomic E-state index is 0.100. The van der Waals surface area contributed by atoms with Crippen molar-refractivity contribution in [1.29, 1.82) is 0 Å². The van der Waals surface area contributed by atoms with Crippen LogP contribution in [-0.4, -0.2) is 43.5 Å². The van der Waals surface area contributed by atoms with Gasteiger partial charge in [-0.3, -0.25) is 0 Å². The first kappa shape index (κ1) is 17.4. The first-order chi connectivity index (χ1) is 11.4. The largest absolute Gasteiger partial charge is 0.573 e. The van der Waals surface area contributed by atoms with E-state index >= 15 is 0 Å². The van der Waals surface area contributed by atoms with Crippen molar-refractivity contribution in [3.8, 4) is 5.75 Å². The summed E-state index contributed by atoms with van der Waals surface area (Å²) in [5, 5.41) is 0. The lowest BCUT2D eigenvalue weighted by atomic mass is 10.0. The second kappa shape index (κ2) is 7.21. The maximum atomic E-state index is 12.6. The zero-order valence-electron chi connectivity index (χ0n) is 14.1.